The van der Waals surface area contributed by atoms with Crippen LogP contribution in [0.1, 0.15) is 12.0 Å². The van der Waals surface area contributed by atoms with Gasteiger partial charge in [0.1, 0.15) is 0 Å². The monoisotopic (exact) mass is 670 g/mol. The molecule has 0 atom stereocenters. The van der Waals surface area contributed by atoms with Crippen LogP contribution in [0.4, 0.5) is 0 Å². The van der Waals surface area contributed by atoms with Crippen LogP contribution in [0.2, 0.25) is 0 Å². The highest BCUT2D eigenvalue weighted by atomic mass is 32.1. The van der Waals surface area contributed by atoms with Crippen molar-refractivity contribution in [1.29, 1.82) is 0 Å². The number of benzene rings is 6. The largest absolute Gasteiger partial charge is 0.275 e. The topological polar surface area (TPSA) is 43.6 Å². The average Bonchev–Trinajstić information content (AvgIpc) is 3.85. The molecule has 4 nitrogen and oxygen atoms in total. The zero-order valence-corrected chi connectivity index (χ0v) is 28.4. The summed E-state index contributed by atoms with van der Waals surface area (Å²) >= 11 is 5.35. The average molecular weight is 671 g/mol. The van der Waals surface area contributed by atoms with Gasteiger partial charge in [-0.2, -0.15) is 0 Å². The van der Waals surface area contributed by atoms with E-state index < -0.39 is 0 Å². The first-order valence-electron chi connectivity index (χ1n) is 17.2. The minimum Gasteiger partial charge on any atom is -0.275 e. The Hall–Kier alpha value is -6.30. The van der Waals surface area contributed by atoms with E-state index in [0.29, 0.717) is 5.95 Å². The van der Waals surface area contributed by atoms with Gasteiger partial charge in [-0.1, -0.05) is 121 Å². The molecule has 5 heteroatoms. The van der Waals surface area contributed by atoms with Gasteiger partial charge >= 0.3 is 0 Å². The Bertz CT molecular complexity index is 2830. The molecule has 1 aliphatic rings. The fraction of sp³-hybridized carbons (Fsp3) is 0.0217. The molecule has 0 radical (unpaired) electrons. The van der Waals surface area contributed by atoms with E-state index in [-0.39, 0.29) is 0 Å². The Morgan fingerprint density at radius 3 is 1.94 bits per heavy atom. The molecule has 9 aromatic rings. The van der Waals surface area contributed by atoms with Gasteiger partial charge in [0.15, 0.2) is 0 Å². The van der Waals surface area contributed by atoms with Crippen LogP contribution in [0, 0.1) is 0 Å². The van der Waals surface area contributed by atoms with Gasteiger partial charge in [-0.05, 0) is 81.4 Å². The maximum Gasteiger partial charge on any atom is 0.235 e. The number of allylic oxidation sites excluding steroid dienone is 4. The van der Waals surface area contributed by atoms with Crippen LogP contribution in [-0.2, 0) is 0 Å². The first kappa shape index (κ1) is 29.6. The maximum atomic E-state index is 5.49. The Labute approximate surface area is 300 Å². The highest BCUT2D eigenvalue weighted by molar-refractivity contribution is 7.80. The lowest BCUT2D eigenvalue weighted by atomic mass is 9.94. The summed E-state index contributed by atoms with van der Waals surface area (Å²) in [6.07, 6.45) is 9.26. The molecule has 0 spiro atoms. The lowest BCUT2D eigenvalue weighted by Gasteiger charge is -2.17. The Morgan fingerprint density at radius 2 is 1.24 bits per heavy atom. The fourth-order valence-electron chi connectivity index (χ4n) is 7.67. The Morgan fingerprint density at radius 1 is 0.588 bits per heavy atom. The van der Waals surface area contributed by atoms with Crippen molar-refractivity contribution < 1.29 is 0 Å². The van der Waals surface area contributed by atoms with Gasteiger partial charge in [0, 0.05) is 33.0 Å². The van der Waals surface area contributed by atoms with Crippen molar-refractivity contribution in [3.63, 3.8) is 0 Å². The van der Waals surface area contributed by atoms with E-state index >= 15 is 0 Å². The van der Waals surface area contributed by atoms with Gasteiger partial charge in [0.2, 0.25) is 5.95 Å². The number of rotatable bonds is 5. The van der Waals surface area contributed by atoms with Crippen LogP contribution in [0.5, 0.6) is 0 Å². The van der Waals surface area contributed by atoms with E-state index in [2.05, 4.69) is 150 Å². The molecule has 10 rings (SSSR count). The highest BCUT2D eigenvalue weighted by Gasteiger charge is 2.25. The summed E-state index contributed by atoms with van der Waals surface area (Å²) in [6.45, 7) is 0. The molecule has 0 bridgehead atoms. The summed E-state index contributed by atoms with van der Waals surface area (Å²) in [4.78, 5) is 16.6. The van der Waals surface area contributed by atoms with E-state index in [1.807, 2.05) is 18.3 Å². The highest BCUT2D eigenvalue weighted by Crippen LogP contribution is 2.45. The summed E-state index contributed by atoms with van der Waals surface area (Å²) in [6, 6.07) is 48.9. The third-order valence-electron chi connectivity index (χ3n) is 9.96. The summed E-state index contributed by atoms with van der Waals surface area (Å²) in [5, 5.41) is 4.35. The molecule has 6 aromatic carbocycles. The molecule has 3 aromatic heterocycles. The van der Waals surface area contributed by atoms with Gasteiger partial charge < -0.3 is 0 Å². The number of hydrogen-bond donors (Lipinski definition) is 1. The molecular formula is C46H30N4S. The summed E-state index contributed by atoms with van der Waals surface area (Å²) in [5.74, 6) is 0.582. The Balaban J connectivity index is 1.31. The molecule has 1 aliphatic carbocycles. The number of thiol groups is 1. The predicted molar refractivity (Wildman–Crippen MR) is 214 cm³/mol. The quantitative estimate of drug-likeness (QED) is 0.185. The fourth-order valence-corrected chi connectivity index (χ4v) is 8.14. The van der Waals surface area contributed by atoms with E-state index in [9.17, 15) is 0 Å². The second-order valence-corrected chi connectivity index (χ2v) is 13.4. The molecule has 51 heavy (non-hydrogen) atoms. The third-order valence-corrected chi connectivity index (χ3v) is 10.4. The van der Waals surface area contributed by atoms with Crippen molar-refractivity contribution in [2.24, 2.45) is 0 Å². The standard InChI is InChI=1S/C46H30N4S/c51-45-40(31-18-7-8-19-31)35-20-9-10-21-36(35)41-43-39(24-13-25-47-43)50(44(41)45)46-48-38-23-12-11-22-37(38)42(49-46)34-27-32(29-14-3-1-4-15-29)26-33(28-34)30-16-5-2-6-17-30/h1-18,20-28,51H,19H2. The van der Waals surface area contributed by atoms with E-state index in [1.165, 1.54) is 11.0 Å². The number of hydrogen-bond acceptors (Lipinski definition) is 4. The molecule has 3 heterocycles. The number of para-hydroxylation sites is 1. The van der Waals surface area contributed by atoms with Crippen LogP contribution in [0.25, 0.3) is 88.6 Å². The first-order chi connectivity index (χ1) is 25.2. The van der Waals surface area contributed by atoms with Gasteiger partial charge in [0.05, 0.1) is 27.8 Å². The molecular weight excluding hydrogens is 641 g/mol. The molecule has 240 valence electrons. The van der Waals surface area contributed by atoms with Crippen molar-refractivity contribution >= 4 is 61.8 Å². The van der Waals surface area contributed by atoms with Crippen molar-refractivity contribution in [3.05, 3.63) is 170 Å². The summed E-state index contributed by atoms with van der Waals surface area (Å²) in [5.41, 5.74) is 12.5. The molecule has 0 amide bonds. The van der Waals surface area contributed by atoms with Gasteiger partial charge in [-0.3, -0.25) is 9.55 Å². The molecule has 0 fully saturated rings. The lowest BCUT2D eigenvalue weighted by molar-refractivity contribution is 1.00. The molecule has 0 N–H and O–H groups in total. The van der Waals surface area contributed by atoms with Crippen LogP contribution < -0.4 is 0 Å². The molecule has 0 saturated heterocycles. The van der Waals surface area contributed by atoms with Crippen molar-refractivity contribution in [3.8, 4) is 39.5 Å². The van der Waals surface area contributed by atoms with Gasteiger partial charge in [0.25, 0.3) is 0 Å². The second-order valence-electron chi connectivity index (χ2n) is 12.9. The normalized spacial score (nSPS) is 12.8. The number of pyridine rings is 1. The summed E-state index contributed by atoms with van der Waals surface area (Å²) in [7, 11) is 0. The zero-order chi connectivity index (χ0) is 33.9. The maximum absolute atomic E-state index is 5.49. The predicted octanol–water partition coefficient (Wildman–Crippen LogP) is 11.9. The lowest BCUT2D eigenvalue weighted by Crippen LogP contribution is -2.05. The number of fused-ring (bicyclic) bond motifs is 6. The SMILES string of the molecule is Sc1c(C2=CC=CC2)c2ccccc2c2c3ncccc3n(-c3nc(-c4cc(-c5ccccc5)cc(-c5ccccc5)c4)c4ccccc4n3)c12. The van der Waals surface area contributed by atoms with E-state index in [4.69, 9.17) is 27.6 Å². The van der Waals surface area contributed by atoms with Gasteiger partial charge in [-0.15, -0.1) is 12.6 Å². The van der Waals surface area contributed by atoms with Crippen molar-refractivity contribution in [1.82, 2.24) is 19.5 Å². The van der Waals surface area contributed by atoms with Crippen LogP contribution in [0.3, 0.4) is 0 Å². The molecule has 0 saturated carbocycles. The van der Waals surface area contributed by atoms with Crippen LogP contribution in [0.15, 0.2) is 169 Å². The van der Waals surface area contributed by atoms with Crippen LogP contribution >= 0.6 is 12.6 Å². The van der Waals surface area contributed by atoms with E-state index in [0.717, 1.165) is 88.6 Å². The molecule has 0 aliphatic heterocycles. The first-order valence-corrected chi connectivity index (χ1v) is 17.6. The summed E-state index contributed by atoms with van der Waals surface area (Å²) < 4.78 is 2.17. The smallest absolute Gasteiger partial charge is 0.235 e. The minimum absolute atomic E-state index is 0.582. The van der Waals surface area contributed by atoms with Crippen molar-refractivity contribution in [2.45, 2.75) is 11.3 Å². The van der Waals surface area contributed by atoms with Crippen molar-refractivity contribution in [2.75, 3.05) is 0 Å². The van der Waals surface area contributed by atoms with Crippen LogP contribution in [-0.4, -0.2) is 19.5 Å². The number of nitrogens with zero attached hydrogens (tertiary/aromatic N) is 4. The second kappa shape index (κ2) is 11.9. The zero-order valence-electron chi connectivity index (χ0n) is 27.5. The number of aromatic nitrogens is 4. The molecule has 0 unspecified atom stereocenters. The van der Waals surface area contributed by atoms with E-state index in [1.54, 1.807) is 0 Å². The third kappa shape index (κ3) is 4.81. The minimum atomic E-state index is 0.582. The Kier molecular flexibility index (Phi) is 6.93. The van der Waals surface area contributed by atoms with Gasteiger partial charge in [-0.25, -0.2) is 9.97 Å².